The molecule has 0 saturated heterocycles. The van der Waals surface area contributed by atoms with Crippen LogP contribution in [-0.4, -0.2) is 6.54 Å². The van der Waals surface area contributed by atoms with Crippen LogP contribution in [-0.2, 0) is 0 Å². The predicted molar refractivity (Wildman–Crippen MR) is 64.7 cm³/mol. The first-order chi connectivity index (χ1) is 6.77. The highest BCUT2D eigenvalue weighted by Gasteiger charge is 1.97. The van der Waals surface area contributed by atoms with Crippen molar-refractivity contribution >= 4 is 11.8 Å². The molecule has 0 heterocycles. The number of nitrogens with one attached hydrogen (secondary N) is 1. The van der Waals surface area contributed by atoms with Crippen molar-refractivity contribution in [2.75, 3.05) is 11.9 Å². The molecule has 1 nitrogen and oxygen atoms in total. The van der Waals surface area contributed by atoms with Crippen molar-refractivity contribution in [2.45, 2.75) is 26.7 Å². The van der Waals surface area contributed by atoms with E-state index in [1.165, 1.54) is 29.7 Å². The largest absolute Gasteiger partial charge is 0.385 e. The summed E-state index contributed by atoms with van der Waals surface area (Å²) in [5.74, 6) is 0. The summed E-state index contributed by atoms with van der Waals surface area (Å²) < 4.78 is 0. The molecule has 0 aliphatic carbocycles. The molecule has 0 aliphatic heterocycles. The van der Waals surface area contributed by atoms with Gasteiger partial charge in [-0.25, -0.2) is 0 Å². The van der Waals surface area contributed by atoms with E-state index in [1.807, 2.05) is 6.08 Å². The van der Waals surface area contributed by atoms with Crippen LogP contribution in [0.2, 0.25) is 0 Å². The zero-order chi connectivity index (χ0) is 10.4. The van der Waals surface area contributed by atoms with Crippen molar-refractivity contribution in [2.24, 2.45) is 0 Å². The fraction of sp³-hybridized carbons (Fsp3) is 0.385. The normalized spacial score (nSPS) is 9.86. The molecule has 1 N–H and O–H groups in total. The fourth-order valence-electron chi connectivity index (χ4n) is 1.41. The molecule has 14 heavy (non-hydrogen) atoms. The Kier molecular flexibility index (Phi) is 4.24. The molecule has 0 fully saturated rings. The van der Waals surface area contributed by atoms with E-state index in [0.29, 0.717) is 0 Å². The highest BCUT2D eigenvalue weighted by molar-refractivity contribution is 5.66. The highest BCUT2D eigenvalue weighted by atomic mass is 14.9. The summed E-state index contributed by atoms with van der Waals surface area (Å²) in [6.45, 7) is 9.16. The fourth-order valence-corrected chi connectivity index (χ4v) is 1.41. The zero-order valence-electron chi connectivity index (χ0n) is 9.14. The quantitative estimate of drug-likeness (QED) is 0.694. The number of benzene rings is 1. The maximum atomic E-state index is 3.82. The van der Waals surface area contributed by atoms with E-state index in [0.717, 1.165) is 6.54 Å². The second-order valence-electron chi connectivity index (χ2n) is 3.58. The standard InChI is InChI=1S/C13H19N/c1-4-6-9-14-13-8-7-11(3)10-12(13)5-2/h5,7-8,10,14H,2,4,6,9H2,1,3H3. The number of rotatable bonds is 5. The molecule has 1 rings (SSSR count). The Morgan fingerprint density at radius 3 is 2.86 bits per heavy atom. The first-order valence-electron chi connectivity index (χ1n) is 5.25. The molecule has 1 aromatic carbocycles. The average molecular weight is 189 g/mol. The predicted octanol–water partition coefficient (Wildman–Crippen LogP) is 3.85. The molecule has 0 radical (unpaired) electrons. The number of aryl methyl sites for hydroxylation is 1. The maximum absolute atomic E-state index is 3.82. The third-order valence-electron chi connectivity index (χ3n) is 2.27. The Bertz CT molecular complexity index is 302. The molecule has 0 amide bonds. The van der Waals surface area contributed by atoms with Gasteiger partial charge in [-0.1, -0.05) is 37.6 Å². The molecule has 0 saturated carbocycles. The minimum Gasteiger partial charge on any atom is -0.385 e. The second kappa shape index (κ2) is 5.48. The topological polar surface area (TPSA) is 12.0 Å². The lowest BCUT2D eigenvalue weighted by atomic mass is 10.1. The minimum atomic E-state index is 1.04. The van der Waals surface area contributed by atoms with Gasteiger partial charge in [-0.3, -0.25) is 0 Å². The molecular formula is C13H19N. The summed E-state index contributed by atoms with van der Waals surface area (Å²) in [6, 6.07) is 6.41. The summed E-state index contributed by atoms with van der Waals surface area (Å²) in [6.07, 6.45) is 4.34. The van der Waals surface area contributed by atoms with Crippen molar-refractivity contribution in [1.82, 2.24) is 0 Å². The van der Waals surface area contributed by atoms with Crippen LogP contribution in [0.15, 0.2) is 24.8 Å². The lowest BCUT2D eigenvalue weighted by Gasteiger charge is -2.09. The Morgan fingerprint density at radius 1 is 1.43 bits per heavy atom. The molecular weight excluding hydrogens is 170 g/mol. The lowest BCUT2D eigenvalue weighted by molar-refractivity contribution is 0.834. The van der Waals surface area contributed by atoms with Crippen LogP contribution in [0.3, 0.4) is 0 Å². The van der Waals surface area contributed by atoms with E-state index < -0.39 is 0 Å². The summed E-state index contributed by atoms with van der Waals surface area (Å²) in [5, 5.41) is 3.42. The molecule has 1 heteroatoms. The maximum Gasteiger partial charge on any atom is 0.0413 e. The molecule has 0 unspecified atom stereocenters. The Balaban J connectivity index is 2.70. The van der Waals surface area contributed by atoms with Gasteiger partial charge in [0.1, 0.15) is 0 Å². The van der Waals surface area contributed by atoms with Crippen molar-refractivity contribution in [3.05, 3.63) is 35.9 Å². The Labute approximate surface area is 86.8 Å². The lowest BCUT2D eigenvalue weighted by Crippen LogP contribution is -2.02. The molecule has 0 spiro atoms. The summed E-state index contributed by atoms with van der Waals surface area (Å²) in [7, 11) is 0. The van der Waals surface area contributed by atoms with Crippen LogP contribution in [0.25, 0.3) is 6.08 Å². The van der Waals surface area contributed by atoms with E-state index in [2.05, 4.69) is 43.9 Å². The van der Waals surface area contributed by atoms with E-state index in [-0.39, 0.29) is 0 Å². The molecule has 0 aliphatic rings. The SMILES string of the molecule is C=Cc1cc(C)ccc1NCCCC. The summed E-state index contributed by atoms with van der Waals surface area (Å²) >= 11 is 0. The van der Waals surface area contributed by atoms with Gasteiger partial charge in [-0.15, -0.1) is 0 Å². The summed E-state index contributed by atoms with van der Waals surface area (Å²) in [4.78, 5) is 0. The van der Waals surface area contributed by atoms with Gasteiger partial charge in [-0.05, 0) is 31.0 Å². The molecule has 1 aromatic rings. The molecule has 0 aromatic heterocycles. The third kappa shape index (κ3) is 2.91. The Morgan fingerprint density at radius 2 is 2.21 bits per heavy atom. The Hall–Kier alpha value is -1.24. The van der Waals surface area contributed by atoms with Gasteiger partial charge in [0.05, 0.1) is 0 Å². The van der Waals surface area contributed by atoms with Crippen LogP contribution in [0.5, 0.6) is 0 Å². The van der Waals surface area contributed by atoms with Gasteiger partial charge in [0.2, 0.25) is 0 Å². The number of hydrogen-bond acceptors (Lipinski definition) is 1. The highest BCUT2D eigenvalue weighted by Crippen LogP contribution is 2.18. The van der Waals surface area contributed by atoms with Gasteiger partial charge in [0.15, 0.2) is 0 Å². The van der Waals surface area contributed by atoms with Crippen LogP contribution >= 0.6 is 0 Å². The van der Waals surface area contributed by atoms with Crippen molar-refractivity contribution in [3.63, 3.8) is 0 Å². The van der Waals surface area contributed by atoms with Gasteiger partial charge in [0.25, 0.3) is 0 Å². The smallest absolute Gasteiger partial charge is 0.0413 e. The van der Waals surface area contributed by atoms with E-state index in [4.69, 9.17) is 0 Å². The summed E-state index contributed by atoms with van der Waals surface area (Å²) in [5.41, 5.74) is 3.67. The second-order valence-corrected chi connectivity index (χ2v) is 3.58. The number of anilines is 1. The van der Waals surface area contributed by atoms with Crippen LogP contribution < -0.4 is 5.32 Å². The van der Waals surface area contributed by atoms with Crippen molar-refractivity contribution in [1.29, 1.82) is 0 Å². The third-order valence-corrected chi connectivity index (χ3v) is 2.27. The first kappa shape index (κ1) is 10.8. The molecule has 0 atom stereocenters. The van der Waals surface area contributed by atoms with Crippen LogP contribution in [0.1, 0.15) is 30.9 Å². The van der Waals surface area contributed by atoms with Gasteiger partial charge < -0.3 is 5.32 Å². The zero-order valence-corrected chi connectivity index (χ0v) is 9.14. The van der Waals surface area contributed by atoms with Crippen LogP contribution in [0.4, 0.5) is 5.69 Å². The van der Waals surface area contributed by atoms with Gasteiger partial charge in [0, 0.05) is 12.2 Å². The van der Waals surface area contributed by atoms with E-state index in [1.54, 1.807) is 0 Å². The molecule has 0 bridgehead atoms. The van der Waals surface area contributed by atoms with E-state index in [9.17, 15) is 0 Å². The number of unbranched alkanes of at least 4 members (excludes halogenated alkanes) is 1. The monoisotopic (exact) mass is 189 g/mol. The van der Waals surface area contributed by atoms with Crippen molar-refractivity contribution < 1.29 is 0 Å². The number of hydrogen-bond donors (Lipinski definition) is 1. The van der Waals surface area contributed by atoms with Crippen LogP contribution in [0, 0.1) is 6.92 Å². The molecule has 76 valence electrons. The van der Waals surface area contributed by atoms with Gasteiger partial charge in [-0.2, -0.15) is 0 Å². The minimum absolute atomic E-state index is 1.04. The first-order valence-corrected chi connectivity index (χ1v) is 5.25. The van der Waals surface area contributed by atoms with Crippen molar-refractivity contribution in [3.8, 4) is 0 Å². The van der Waals surface area contributed by atoms with E-state index >= 15 is 0 Å². The average Bonchev–Trinajstić information content (AvgIpc) is 2.20. The van der Waals surface area contributed by atoms with Gasteiger partial charge >= 0.3 is 0 Å².